The summed E-state index contributed by atoms with van der Waals surface area (Å²) >= 11 is 0. The van der Waals surface area contributed by atoms with E-state index >= 15 is 0 Å². The zero-order chi connectivity index (χ0) is 15.0. The van der Waals surface area contributed by atoms with Gasteiger partial charge >= 0.3 is 5.97 Å². The van der Waals surface area contributed by atoms with Gasteiger partial charge in [0.05, 0.1) is 18.2 Å². The van der Waals surface area contributed by atoms with E-state index in [1.165, 1.54) is 6.07 Å². The number of carbonyl (C=O) groups is 1. The third-order valence-electron chi connectivity index (χ3n) is 3.48. The van der Waals surface area contributed by atoms with Crippen molar-refractivity contribution in [1.82, 2.24) is 0 Å². The molecule has 0 bridgehead atoms. The molecule has 0 fully saturated rings. The third-order valence-corrected chi connectivity index (χ3v) is 3.48. The SMILES string of the molecule is [C-]#[N+]C(C#N)=C1c2ccccc2-c2c(C(=O)O)cccc21. The Morgan fingerprint density at radius 2 is 1.76 bits per heavy atom. The standard InChI is InChI=1S/C17H8N2O2/c1-19-14(9-18)16-11-6-3-2-5-10(11)15-12(16)7-4-8-13(15)17(20)21/h2-8H,(H,20,21). The summed E-state index contributed by atoms with van der Waals surface area (Å²) in [5, 5.41) is 18.6. The fourth-order valence-corrected chi connectivity index (χ4v) is 2.69. The highest BCUT2D eigenvalue weighted by molar-refractivity contribution is 6.09. The highest BCUT2D eigenvalue weighted by atomic mass is 16.4. The number of rotatable bonds is 1. The molecule has 1 aliphatic carbocycles. The molecule has 0 saturated carbocycles. The van der Waals surface area contributed by atoms with E-state index in [2.05, 4.69) is 4.85 Å². The fourth-order valence-electron chi connectivity index (χ4n) is 2.69. The maximum atomic E-state index is 11.4. The summed E-state index contributed by atoms with van der Waals surface area (Å²) in [5.41, 5.74) is 3.35. The Morgan fingerprint density at radius 1 is 1.10 bits per heavy atom. The van der Waals surface area contributed by atoms with E-state index in [-0.39, 0.29) is 11.3 Å². The van der Waals surface area contributed by atoms with Gasteiger partial charge in [-0.2, -0.15) is 0 Å². The van der Waals surface area contributed by atoms with Crippen LogP contribution in [0, 0.1) is 17.9 Å². The van der Waals surface area contributed by atoms with E-state index in [4.69, 9.17) is 6.57 Å². The lowest BCUT2D eigenvalue weighted by Crippen LogP contribution is -1.99. The van der Waals surface area contributed by atoms with Gasteiger partial charge in [-0.3, -0.25) is 0 Å². The Hall–Kier alpha value is -3.37. The molecule has 0 saturated heterocycles. The Morgan fingerprint density at radius 3 is 2.38 bits per heavy atom. The van der Waals surface area contributed by atoms with Crippen molar-refractivity contribution in [2.24, 2.45) is 0 Å². The minimum Gasteiger partial charge on any atom is -0.478 e. The molecule has 0 heterocycles. The molecule has 1 N–H and O–H groups in total. The summed E-state index contributed by atoms with van der Waals surface area (Å²) in [5.74, 6) is -1.02. The summed E-state index contributed by atoms with van der Waals surface area (Å²) in [6.07, 6.45) is 0. The van der Waals surface area contributed by atoms with Gasteiger partial charge in [-0.1, -0.05) is 36.4 Å². The fraction of sp³-hybridized carbons (Fsp3) is 0. The van der Waals surface area contributed by atoms with E-state index in [1.807, 2.05) is 24.3 Å². The van der Waals surface area contributed by atoms with Crippen molar-refractivity contribution < 1.29 is 9.90 Å². The van der Waals surface area contributed by atoms with Gasteiger partial charge < -0.3 is 5.11 Å². The number of nitrogens with zero attached hydrogens (tertiary/aromatic N) is 2. The minimum absolute atomic E-state index is 0.0243. The molecule has 2 aromatic rings. The van der Waals surface area contributed by atoms with Crippen LogP contribution in [-0.4, -0.2) is 11.1 Å². The molecule has 98 valence electrons. The molecule has 21 heavy (non-hydrogen) atoms. The zero-order valence-electron chi connectivity index (χ0n) is 10.8. The van der Waals surface area contributed by atoms with Crippen LogP contribution >= 0.6 is 0 Å². The van der Waals surface area contributed by atoms with Crippen molar-refractivity contribution in [3.8, 4) is 17.2 Å². The second-order valence-corrected chi connectivity index (χ2v) is 4.53. The molecule has 0 aromatic heterocycles. The first-order valence-corrected chi connectivity index (χ1v) is 6.17. The van der Waals surface area contributed by atoms with Gasteiger partial charge in [0, 0.05) is 11.1 Å². The Bertz CT molecular complexity index is 880. The van der Waals surface area contributed by atoms with Crippen LogP contribution in [0.25, 0.3) is 21.5 Å². The molecule has 0 atom stereocenters. The van der Waals surface area contributed by atoms with Gasteiger partial charge in [0.1, 0.15) is 0 Å². The molecular weight excluding hydrogens is 264 g/mol. The molecular formula is C17H8N2O2. The Kier molecular flexibility index (Phi) is 2.79. The van der Waals surface area contributed by atoms with Gasteiger partial charge in [0.2, 0.25) is 0 Å². The van der Waals surface area contributed by atoms with Crippen LogP contribution in [0.5, 0.6) is 0 Å². The van der Waals surface area contributed by atoms with E-state index in [9.17, 15) is 15.2 Å². The molecule has 3 rings (SSSR count). The topological polar surface area (TPSA) is 65.5 Å². The largest absolute Gasteiger partial charge is 0.478 e. The van der Waals surface area contributed by atoms with Crippen molar-refractivity contribution in [2.75, 3.05) is 0 Å². The van der Waals surface area contributed by atoms with Gasteiger partial charge in [0.25, 0.3) is 5.70 Å². The summed E-state index contributed by atoms with van der Waals surface area (Å²) in [7, 11) is 0. The third kappa shape index (κ3) is 1.71. The lowest BCUT2D eigenvalue weighted by Gasteiger charge is -2.05. The quantitative estimate of drug-likeness (QED) is 0.544. The summed E-state index contributed by atoms with van der Waals surface area (Å²) in [6.45, 7) is 7.17. The first-order valence-electron chi connectivity index (χ1n) is 6.17. The summed E-state index contributed by atoms with van der Waals surface area (Å²) in [6, 6.07) is 14.1. The average molecular weight is 272 g/mol. The van der Waals surface area contributed by atoms with E-state index in [1.54, 1.807) is 18.2 Å². The number of aromatic carboxylic acids is 1. The van der Waals surface area contributed by atoms with Crippen LogP contribution < -0.4 is 0 Å². The maximum Gasteiger partial charge on any atom is 0.336 e. The number of carboxylic acid groups (broad SMARTS) is 1. The number of fused-ring (bicyclic) bond motifs is 3. The molecule has 0 unspecified atom stereocenters. The van der Waals surface area contributed by atoms with Crippen LogP contribution in [0.2, 0.25) is 0 Å². The van der Waals surface area contributed by atoms with Crippen LogP contribution in [0.1, 0.15) is 21.5 Å². The smallest absolute Gasteiger partial charge is 0.336 e. The zero-order valence-corrected chi connectivity index (χ0v) is 10.8. The molecule has 0 spiro atoms. The lowest BCUT2D eigenvalue weighted by atomic mass is 9.99. The highest BCUT2D eigenvalue weighted by Crippen LogP contribution is 2.47. The minimum atomic E-state index is -1.02. The first-order chi connectivity index (χ1) is 10.2. The Balaban J connectivity index is 2.51. The molecule has 0 radical (unpaired) electrons. The normalized spacial score (nSPS) is 13.6. The summed E-state index contributed by atoms with van der Waals surface area (Å²) < 4.78 is 0. The van der Waals surface area contributed by atoms with Crippen molar-refractivity contribution in [2.45, 2.75) is 0 Å². The predicted molar refractivity (Wildman–Crippen MR) is 77.1 cm³/mol. The molecule has 1 aliphatic rings. The predicted octanol–water partition coefficient (Wildman–Crippen LogP) is 3.57. The highest BCUT2D eigenvalue weighted by Gasteiger charge is 2.29. The van der Waals surface area contributed by atoms with Gasteiger partial charge in [-0.05, 0) is 22.8 Å². The van der Waals surface area contributed by atoms with Crippen molar-refractivity contribution in [1.29, 1.82) is 5.26 Å². The Labute approximate surface area is 121 Å². The van der Waals surface area contributed by atoms with Crippen LogP contribution in [0.15, 0.2) is 48.2 Å². The van der Waals surface area contributed by atoms with Gasteiger partial charge in [-0.25, -0.2) is 14.9 Å². The van der Waals surface area contributed by atoms with E-state index < -0.39 is 5.97 Å². The number of hydrogen-bond donors (Lipinski definition) is 1. The number of nitriles is 1. The number of hydrogen-bond acceptors (Lipinski definition) is 2. The lowest BCUT2D eigenvalue weighted by molar-refractivity contribution is 0.0697. The van der Waals surface area contributed by atoms with E-state index in [0.717, 1.165) is 11.1 Å². The average Bonchev–Trinajstić information content (AvgIpc) is 2.84. The number of carboxylic acids is 1. The molecule has 4 heteroatoms. The first kappa shape index (κ1) is 12.7. The van der Waals surface area contributed by atoms with Crippen molar-refractivity contribution in [3.05, 3.63) is 76.3 Å². The van der Waals surface area contributed by atoms with Crippen LogP contribution in [-0.2, 0) is 0 Å². The van der Waals surface area contributed by atoms with E-state index in [0.29, 0.717) is 16.7 Å². The maximum absolute atomic E-state index is 11.4. The molecule has 2 aromatic carbocycles. The second kappa shape index (κ2) is 4.63. The summed E-state index contributed by atoms with van der Waals surface area (Å²) in [4.78, 5) is 14.7. The monoisotopic (exact) mass is 272 g/mol. The number of allylic oxidation sites excluding steroid dienone is 1. The molecule has 0 amide bonds. The van der Waals surface area contributed by atoms with Gasteiger partial charge in [-0.15, -0.1) is 0 Å². The van der Waals surface area contributed by atoms with Crippen LogP contribution in [0.3, 0.4) is 0 Å². The van der Waals surface area contributed by atoms with Crippen molar-refractivity contribution >= 4 is 11.5 Å². The van der Waals surface area contributed by atoms with Gasteiger partial charge in [0.15, 0.2) is 0 Å². The second-order valence-electron chi connectivity index (χ2n) is 4.53. The molecule has 4 nitrogen and oxygen atoms in total. The van der Waals surface area contributed by atoms with Crippen molar-refractivity contribution in [3.63, 3.8) is 0 Å². The number of benzene rings is 2. The van der Waals surface area contributed by atoms with Crippen LogP contribution in [0.4, 0.5) is 0 Å². The molecule has 0 aliphatic heterocycles.